The van der Waals surface area contributed by atoms with E-state index < -0.39 is 0 Å². The number of carbonyl (C=O) groups is 1. The summed E-state index contributed by atoms with van der Waals surface area (Å²) in [6, 6.07) is 10.5. The summed E-state index contributed by atoms with van der Waals surface area (Å²) < 4.78 is 0. The number of aromatic nitrogens is 4. The van der Waals surface area contributed by atoms with Crippen LogP contribution in [0.25, 0.3) is 0 Å². The number of rotatable bonds is 6. The first-order valence-electron chi connectivity index (χ1n) is 8.65. The quantitative estimate of drug-likeness (QED) is 0.883. The molecular formula is C18H23N5O. The van der Waals surface area contributed by atoms with E-state index in [0.29, 0.717) is 24.3 Å². The molecule has 1 N–H and O–H groups in total. The summed E-state index contributed by atoms with van der Waals surface area (Å²) >= 11 is 0. The Morgan fingerprint density at radius 3 is 2.75 bits per heavy atom. The summed E-state index contributed by atoms with van der Waals surface area (Å²) in [5, 5.41) is 15.3. The molecule has 2 aliphatic rings. The summed E-state index contributed by atoms with van der Waals surface area (Å²) in [7, 11) is 0. The number of amides is 1. The number of hydrogen-bond donors (Lipinski definition) is 1. The molecular weight excluding hydrogens is 302 g/mol. The van der Waals surface area contributed by atoms with Crippen molar-refractivity contribution in [3.05, 3.63) is 41.7 Å². The van der Waals surface area contributed by atoms with E-state index in [0.717, 1.165) is 18.7 Å². The molecule has 0 unspecified atom stereocenters. The predicted molar refractivity (Wildman–Crippen MR) is 89.3 cm³/mol. The third-order valence-electron chi connectivity index (χ3n) is 5.42. The summed E-state index contributed by atoms with van der Waals surface area (Å²) in [5.41, 5.74) is 1.58. The molecule has 0 radical (unpaired) electrons. The molecule has 1 amide bonds. The van der Waals surface area contributed by atoms with E-state index >= 15 is 0 Å². The lowest BCUT2D eigenvalue weighted by Gasteiger charge is -2.05. The van der Waals surface area contributed by atoms with Gasteiger partial charge in [0, 0.05) is 12.5 Å². The van der Waals surface area contributed by atoms with Crippen LogP contribution in [0.2, 0.25) is 0 Å². The monoisotopic (exact) mass is 325 g/mol. The van der Waals surface area contributed by atoms with Crippen LogP contribution in [0.3, 0.4) is 0 Å². The van der Waals surface area contributed by atoms with Crippen molar-refractivity contribution >= 4 is 5.91 Å². The van der Waals surface area contributed by atoms with Crippen LogP contribution in [-0.2, 0) is 11.3 Å². The highest BCUT2D eigenvalue weighted by atomic mass is 16.2. The molecule has 1 heterocycles. The van der Waals surface area contributed by atoms with E-state index in [9.17, 15) is 4.79 Å². The smallest absolute Gasteiger partial charge is 0.243 e. The van der Waals surface area contributed by atoms with Crippen molar-refractivity contribution in [1.82, 2.24) is 25.5 Å². The third-order valence-corrected chi connectivity index (χ3v) is 5.42. The van der Waals surface area contributed by atoms with Crippen LogP contribution in [0.4, 0.5) is 0 Å². The molecule has 126 valence electrons. The molecule has 2 fully saturated rings. The van der Waals surface area contributed by atoms with Gasteiger partial charge in [0.25, 0.3) is 0 Å². The molecule has 2 aliphatic carbocycles. The van der Waals surface area contributed by atoms with Gasteiger partial charge >= 0.3 is 0 Å². The Balaban J connectivity index is 1.30. The number of tetrazole rings is 1. The average Bonchev–Trinajstić information content (AvgIpc) is 3.44. The van der Waals surface area contributed by atoms with Gasteiger partial charge in [-0.2, -0.15) is 4.80 Å². The fraction of sp³-hybridized carbons (Fsp3) is 0.556. The van der Waals surface area contributed by atoms with Gasteiger partial charge in [0.15, 0.2) is 5.82 Å². The summed E-state index contributed by atoms with van der Waals surface area (Å²) in [5.74, 6) is 2.15. The zero-order valence-electron chi connectivity index (χ0n) is 14.1. The van der Waals surface area contributed by atoms with Gasteiger partial charge < -0.3 is 5.32 Å². The fourth-order valence-electron chi connectivity index (χ4n) is 3.68. The maximum absolute atomic E-state index is 12.2. The van der Waals surface area contributed by atoms with Crippen molar-refractivity contribution in [2.24, 2.45) is 11.3 Å². The molecule has 2 saturated carbocycles. The molecule has 2 aromatic rings. The Labute approximate surface area is 141 Å². The third kappa shape index (κ3) is 2.92. The highest BCUT2D eigenvalue weighted by molar-refractivity contribution is 5.75. The number of nitrogens with one attached hydrogen (secondary N) is 1. The molecule has 6 heteroatoms. The molecule has 2 atom stereocenters. The highest BCUT2D eigenvalue weighted by Crippen LogP contribution is 2.63. The van der Waals surface area contributed by atoms with Crippen LogP contribution >= 0.6 is 0 Å². The van der Waals surface area contributed by atoms with Crippen molar-refractivity contribution in [3.63, 3.8) is 0 Å². The lowest BCUT2D eigenvalue weighted by Crippen LogP contribution is -2.31. The predicted octanol–water partition coefficient (Wildman–Crippen LogP) is 2.11. The van der Waals surface area contributed by atoms with E-state index in [2.05, 4.69) is 58.8 Å². The van der Waals surface area contributed by atoms with Gasteiger partial charge in [-0.15, -0.1) is 10.2 Å². The lowest BCUT2D eigenvalue weighted by atomic mass is 10.0. The zero-order valence-corrected chi connectivity index (χ0v) is 14.1. The van der Waals surface area contributed by atoms with Gasteiger partial charge in [0.2, 0.25) is 5.91 Å². The van der Waals surface area contributed by atoms with Crippen molar-refractivity contribution in [1.29, 1.82) is 0 Å². The van der Waals surface area contributed by atoms with Gasteiger partial charge in [0.05, 0.1) is 0 Å². The first-order valence-corrected chi connectivity index (χ1v) is 8.65. The Hall–Kier alpha value is -2.24. The van der Waals surface area contributed by atoms with E-state index in [1.165, 1.54) is 10.4 Å². The standard InChI is InChI=1S/C18H23N5O/c1-18(2)14(16(18)12-6-4-3-5-7-12)10-19-15(24)11-23-21-17(20-22-23)13-8-9-13/h3-7,13-14,16H,8-11H2,1-2H3,(H,19,24)/t14-,16-/m0/s1. The van der Waals surface area contributed by atoms with Crippen LogP contribution < -0.4 is 5.32 Å². The molecule has 1 aromatic heterocycles. The van der Waals surface area contributed by atoms with Crippen molar-refractivity contribution in [3.8, 4) is 0 Å². The van der Waals surface area contributed by atoms with Gasteiger partial charge in [-0.05, 0) is 40.9 Å². The van der Waals surface area contributed by atoms with Crippen LogP contribution in [0.5, 0.6) is 0 Å². The highest BCUT2D eigenvalue weighted by Gasteiger charge is 2.57. The van der Waals surface area contributed by atoms with Crippen LogP contribution in [-0.4, -0.2) is 32.7 Å². The minimum Gasteiger partial charge on any atom is -0.354 e. The first kappa shape index (κ1) is 15.3. The molecule has 0 aliphatic heterocycles. The van der Waals surface area contributed by atoms with Crippen molar-refractivity contribution in [2.45, 2.75) is 45.1 Å². The normalized spacial score (nSPS) is 24.6. The second kappa shape index (κ2) is 5.69. The number of nitrogens with zero attached hydrogens (tertiary/aromatic N) is 4. The molecule has 6 nitrogen and oxygen atoms in total. The van der Waals surface area contributed by atoms with E-state index in [4.69, 9.17) is 0 Å². The Morgan fingerprint density at radius 1 is 1.29 bits per heavy atom. The van der Waals surface area contributed by atoms with E-state index in [1.54, 1.807) is 0 Å². The molecule has 1 aromatic carbocycles. The number of hydrogen-bond acceptors (Lipinski definition) is 4. The Morgan fingerprint density at radius 2 is 2.04 bits per heavy atom. The first-order chi connectivity index (χ1) is 11.6. The average molecular weight is 325 g/mol. The zero-order chi connectivity index (χ0) is 16.7. The molecule has 0 saturated heterocycles. The van der Waals surface area contributed by atoms with Crippen molar-refractivity contribution < 1.29 is 4.79 Å². The van der Waals surface area contributed by atoms with Gasteiger partial charge in [-0.1, -0.05) is 44.2 Å². The Bertz CT molecular complexity index is 735. The second-order valence-electron chi connectivity index (χ2n) is 7.57. The van der Waals surface area contributed by atoms with Gasteiger partial charge in [-0.3, -0.25) is 4.79 Å². The van der Waals surface area contributed by atoms with Crippen LogP contribution in [0, 0.1) is 11.3 Å². The molecule has 0 spiro atoms. The maximum atomic E-state index is 12.2. The minimum atomic E-state index is -0.0516. The topological polar surface area (TPSA) is 72.7 Å². The summed E-state index contributed by atoms with van der Waals surface area (Å²) in [6.07, 6.45) is 2.27. The summed E-state index contributed by atoms with van der Waals surface area (Å²) in [4.78, 5) is 13.6. The molecule has 0 bridgehead atoms. The van der Waals surface area contributed by atoms with E-state index in [1.807, 2.05) is 6.07 Å². The van der Waals surface area contributed by atoms with Gasteiger partial charge in [0.1, 0.15) is 6.54 Å². The SMILES string of the molecule is CC1(C)[C@@H](CNC(=O)Cn2nnc(C3CC3)n2)[C@@H]1c1ccccc1. The maximum Gasteiger partial charge on any atom is 0.243 e. The van der Waals surface area contributed by atoms with Crippen LogP contribution in [0.1, 0.15) is 49.9 Å². The van der Waals surface area contributed by atoms with Crippen LogP contribution in [0.15, 0.2) is 30.3 Å². The minimum absolute atomic E-state index is 0.0516. The second-order valence-corrected chi connectivity index (χ2v) is 7.57. The molecule has 24 heavy (non-hydrogen) atoms. The summed E-state index contributed by atoms with van der Waals surface area (Å²) in [6.45, 7) is 5.36. The lowest BCUT2D eigenvalue weighted by molar-refractivity contribution is -0.122. The Kier molecular flexibility index (Phi) is 3.62. The van der Waals surface area contributed by atoms with E-state index in [-0.39, 0.29) is 17.9 Å². The molecule has 4 rings (SSSR count). The number of benzene rings is 1. The van der Waals surface area contributed by atoms with Gasteiger partial charge in [-0.25, -0.2) is 0 Å². The van der Waals surface area contributed by atoms with Crippen molar-refractivity contribution in [2.75, 3.05) is 6.54 Å². The largest absolute Gasteiger partial charge is 0.354 e. The fourth-order valence-corrected chi connectivity index (χ4v) is 3.68. The number of carbonyl (C=O) groups excluding carboxylic acids is 1.